The number of halogens is 2. The Morgan fingerprint density at radius 1 is 1.22 bits per heavy atom. The number of fused-ring (bicyclic) bond motifs is 1. The van der Waals surface area contributed by atoms with Gasteiger partial charge in [-0.25, -0.2) is 0 Å². The van der Waals surface area contributed by atoms with E-state index in [-0.39, 0.29) is 17.4 Å². The number of furan rings is 1. The molecule has 1 amide bonds. The van der Waals surface area contributed by atoms with Gasteiger partial charge in [-0.3, -0.25) is 4.79 Å². The van der Waals surface area contributed by atoms with Crippen molar-refractivity contribution in [3.05, 3.63) is 56.7 Å². The fourth-order valence-electron chi connectivity index (χ4n) is 2.32. The molecular weight excluding hydrogens is 426 g/mol. The zero-order valence-electron chi connectivity index (χ0n) is 12.4. The number of aryl methyl sites for hydroxylation is 1. The molecule has 2 aromatic carbocycles. The predicted octanol–water partition coefficient (Wildman–Crippen LogP) is 5.25. The molecule has 0 saturated carbocycles. The molecule has 0 aliphatic carbocycles. The quantitative estimate of drug-likeness (QED) is 0.594. The summed E-state index contributed by atoms with van der Waals surface area (Å²) in [7, 11) is 1.70. The lowest BCUT2D eigenvalue weighted by Crippen LogP contribution is -2.25. The second-order valence-corrected chi connectivity index (χ2v) is 6.89. The number of hydrogen-bond acceptors (Lipinski definition) is 3. The molecular formula is C17H13Br2NO3. The summed E-state index contributed by atoms with van der Waals surface area (Å²) in [5, 5.41) is 10.6. The van der Waals surface area contributed by atoms with Gasteiger partial charge in [0.15, 0.2) is 5.76 Å². The average molecular weight is 439 g/mol. The lowest BCUT2D eigenvalue weighted by molar-refractivity contribution is 0.0968. The fraction of sp³-hybridized carbons (Fsp3) is 0.118. The van der Waals surface area contributed by atoms with Crippen molar-refractivity contribution in [1.29, 1.82) is 0 Å². The van der Waals surface area contributed by atoms with Gasteiger partial charge in [-0.1, -0.05) is 12.1 Å². The number of aromatic hydroxyl groups is 1. The zero-order valence-corrected chi connectivity index (χ0v) is 15.6. The van der Waals surface area contributed by atoms with Gasteiger partial charge < -0.3 is 14.4 Å². The van der Waals surface area contributed by atoms with Crippen LogP contribution < -0.4 is 4.90 Å². The topological polar surface area (TPSA) is 53.7 Å². The van der Waals surface area contributed by atoms with Crippen molar-refractivity contribution < 1.29 is 14.3 Å². The summed E-state index contributed by atoms with van der Waals surface area (Å²) in [4.78, 5) is 14.2. The molecule has 0 spiro atoms. The number of anilines is 1. The molecule has 4 nitrogen and oxygen atoms in total. The molecule has 118 valence electrons. The minimum absolute atomic E-state index is 0.0735. The Bertz CT molecular complexity index is 918. The molecule has 23 heavy (non-hydrogen) atoms. The Balaban J connectivity index is 2.03. The normalized spacial score (nSPS) is 11.0. The van der Waals surface area contributed by atoms with Crippen LogP contribution in [0.3, 0.4) is 0 Å². The number of hydrogen-bond donors (Lipinski definition) is 1. The third-order valence-electron chi connectivity index (χ3n) is 3.59. The number of phenolic OH excluding ortho intramolecular Hbond substituents is 1. The summed E-state index contributed by atoms with van der Waals surface area (Å²) in [6.45, 7) is 1.97. The monoisotopic (exact) mass is 437 g/mol. The highest BCUT2D eigenvalue weighted by Crippen LogP contribution is 2.40. The summed E-state index contributed by atoms with van der Waals surface area (Å²) in [6.07, 6.45) is 0. The predicted molar refractivity (Wildman–Crippen MR) is 97.2 cm³/mol. The molecule has 3 rings (SSSR count). The van der Waals surface area contributed by atoms with Gasteiger partial charge in [0, 0.05) is 18.1 Å². The molecule has 3 aromatic rings. The molecule has 0 aliphatic heterocycles. The van der Waals surface area contributed by atoms with Crippen LogP contribution in [0.1, 0.15) is 16.1 Å². The number of carbonyl (C=O) groups excluding carboxylic acids is 1. The van der Waals surface area contributed by atoms with Crippen LogP contribution >= 0.6 is 31.9 Å². The molecule has 0 atom stereocenters. The van der Waals surface area contributed by atoms with Crippen molar-refractivity contribution in [1.82, 2.24) is 0 Å². The maximum absolute atomic E-state index is 12.6. The van der Waals surface area contributed by atoms with E-state index in [0.717, 1.165) is 11.3 Å². The third-order valence-corrected chi connectivity index (χ3v) is 5.00. The Morgan fingerprint density at radius 3 is 2.65 bits per heavy atom. The highest BCUT2D eigenvalue weighted by molar-refractivity contribution is 9.11. The summed E-state index contributed by atoms with van der Waals surface area (Å²) in [5.41, 5.74) is 2.38. The van der Waals surface area contributed by atoms with E-state index in [0.29, 0.717) is 19.9 Å². The number of amides is 1. The summed E-state index contributed by atoms with van der Waals surface area (Å²) in [6, 6.07) is 10.9. The Hall–Kier alpha value is -1.79. The van der Waals surface area contributed by atoms with Crippen LogP contribution in [0, 0.1) is 6.92 Å². The number of carbonyl (C=O) groups is 1. The molecule has 0 unspecified atom stereocenters. The van der Waals surface area contributed by atoms with Crippen LogP contribution in [0.4, 0.5) is 5.69 Å². The van der Waals surface area contributed by atoms with Crippen molar-refractivity contribution in [3.63, 3.8) is 0 Å². The number of benzene rings is 2. The van der Waals surface area contributed by atoms with Crippen molar-refractivity contribution in [3.8, 4) is 5.75 Å². The van der Waals surface area contributed by atoms with E-state index in [2.05, 4.69) is 31.9 Å². The Kier molecular flexibility index (Phi) is 4.21. The largest absolute Gasteiger partial charge is 0.506 e. The molecule has 0 aliphatic rings. The third kappa shape index (κ3) is 2.88. The molecule has 1 aromatic heterocycles. The maximum Gasteiger partial charge on any atom is 0.293 e. The maximum atomic E-state index is 12.6. The minimum atomic E-state index is -0.255. The SMILES string of the molecule is Cc1cccc(N(C)C(=O)c2cc3c(Br)c(O)c(Br)cc3o2)c1. The molecule has 1 heterocycles. The van der Waals surface area contributed by atoms with E-state index in [4.69, 9.17) is 4.42 Å². The van der Waals surface area contributed by atoms with Crippen molar-refractivity contribution >= 4 is 54.4 Å². The highest BCUT2D eigenvalue weighted by Gasteiger charge is 2.21. The van der Waals surface area contributed by atoms with Crippen molar-refractivity contribution in [2.45, 2.75) is 6.92 Å². The van der Waals surface area contributed by atoms with Gasteiger partial charge in [0.25, 0.3) is 5.91 Å². The van der Waals surface area contributed by atoms with E-state index < -0.39 is 0 Å². The fourth-order valence-corrected chi connectivity index (χ4v) is 3.52. The van der Waals surface area contributed by atoms with E-state index in [1.807, 2.05) is 31.2 Å². The summed E-state index contributed by atoms with van der Waals surface area (Å²) >= 11 is 6.57. The van der Waals surface area contributed by atoms with Crippen molar-refractivity contribution in [2.24, 2.45) is 0 Å². The van der Waals surface area contributed by atoms with Crippen LogP contribution in [-0.2, 0) is 0 Å². The number of phenols is 1. The zero-order chi connectivity index (χ0) is 16.7. The first-order valence-corrected chi connectivity index (χ1v) is 8.42. The van der Waals surface area contributed by atoms with Gasteiger partial charge in [0.2, 0.25) is 0 Å². The second-order valence-electron chi connectivity index (χ2n) is 5.25. The molecule has 1 N–H and O–H groups in total. The summed E-state index contributed by atoms with van der Waals surface area (Å²) < 4.78 is 6.64. The van der Waals surface area contributed by atoms with E-state index in [9.17, 15) is 9.90 Å². The summed E-state index contributed by atoms with van der Waals surface area (Å²) in [5.74, 6) is 0.0286. The van der Waals surface area contributed by atoms with Crippen LogP contribution in [0.15, 0.2) is 49.8 Å². The lowest BCUT2D eigenvalue weighted by atomic mass is 10.2. The standard InChI is InChI=1S/C17H13Br2NO3/c1-9-4-3-5-10(6-9)20(2)17(22)14-7-11-13(23-14)8-12(18)16(21)15(11)19/h3-8,21H,1-2H3. The first kappa shape index (κ1) is 16.1. The van der Waals surface area contributed by atoms with E-state index in [1.54, 1.807) is 19.2 Å². The molecule has 0 fully saturated rings. The average Bonchev–Trinajstić information content (AvgIpc) is 2.95. The van der Waals surface area contributed by atoms with E-state index in [1.165, 1.54) is 4.90 Å². The molecule has 0 saturated heterocycles. The Labute approximate surface area is 150 Å². The van der Waals surface area contributed by atoms with Gasteiger partial charge in [0.1, 0.15) is 11.3 Å². The van der Waals surface area contributed by atoms with Gasteiger partial charge >= 0.3 is 0 Å². The van der Waals surface area contributed by atoms with Gasteiger partial charge in [-0.05, 0) is 68.6 Å². The second kappa shape index (κ2) is 6.02. The Morgan fingerprint density at radius 2 is 1.96 bits per heavy atom. The van der Waals surface area contributed by atoms with Crippen molar-refractivity contribution in [2.75, 3.05) is 11.9 Å². The first-order valence-electron chi connectivity index (χ1n) is 6.83. The van der Waals surface area contributed by atoms with Gasteiger partial charge in [-0.2, -0.15) is 0 Å². The van der Waals surface area contributed by atoms with Crippen LogP contribution in [-0.4, -0.2) is 18.1 Å². The highest BCUT2D eigenvalue weighted by atomic mass is 79.9. The van der Waals surface area contributed by atoms with Crippen LogP contribution in [0.2, 0.25) is 0 Å². The molecule has 0 bridgehead atoms. The van der Waals surface area contributed by atoms with Crippen LogP contribution in [0.25, 0.3) is 11.0 Å². The molecule has 0 radical (unpaired) electrons. The van der Waals surface area contributed by atoms with E-state index >= 15 is 0 Å². The number of nitrogens with zero attached hydrogens (tertiary/aromatic N) is 1. The minimum Gasteiger partial charge on any atom is -0.506 e. The van der Waals surface area contributed by atoms with Crippen LogP contribution in [0.5, 0.6) is 5.75 Å². The number of rotatable bonds is 2. The smallest absolute Gasteiger partial charge is 0.293 e. The molecule has 6 heteroatoms. The first-order chi connectivity index (χ1) is 10.9. The van der Waals surface area contributed by atoms with Gasteiger partial charge in [-0.15, -0.1) is 0 Å². The lowest BCUT2D eigenvalue weighted by Gasteiger charge is -2.16. The van der Waals surface area contributed by atoms with Gasteiger partial charge in [0.05, 0.1) is 8.95 Å².